The van der Waals surface area contributed by atoms with E-state index in [4.69, 9.17) is 0 Å². The summed E-state index contributed by atoms with van der Waals surface area (Å²) in [5.74, 6) is 0. The topological polar surface area (TPSA) is 54.8 Å². The normalized spacial score (nSPS) is 22.4. The van der Waals surface area contributed by atoms with Crippen LogP contribution in [0.5, 0.6) is 0 Å². The molecule has 2 atom stereocenters. The summed E-state index contributed by atoms with van der Waals surface area (Å²) in [7, 11) is 0. The van der Waals surface area contributed by atoms with E-state index in [1.54, 1.807) is 6.20 Å². The van der Waals surface area contributed by atoms with Gasteiger partial charge in [0.2, 0.25) is 0 Å². The highest BCUT2D eigenvalue weighted by Crippen LogP contribution is 2.10. The van der Waals surface area contributed by atoms with Gasteiger partial charge in [-0.05, 0) is 32.7 Å². The SMILES string of the molecule is CC(CC1CCCN1)NCCn1ccnn1. The van der Waals surface area contributed by atoms with E-state index in [2.05, 4.69) is 27.9 Å². The van der Waals surface area contributed by atoms with E-state index in [1.807, 2.05) is 10.9 Å². The third-order valence-electron chi connectivity index (χ3n) is 3.11. The van der Waals surface area contributed by atoms with Crippen molar-refractivity contribution < 1.29 is 0 Å². The van der Waals surface area contributed by atoms with Crippen molar-refractivity contribution in [3.8, 4) is 0 Å². The molecule has 16 heavy (non-hydrogen) atoms. The fraction of sp³-hybridized carbons (Fsp3) is 0.818. The first kappa shape index (κ1) is 11.5. The van der Waals surface area contributed by atoms with E-state index in [0.29, 0.717) is 12.1 Å². The summed E-state index contributed by atoms with van der Waals surface area (Å²) in [6.45, 7) is 5.29. The van der Waals surface area contributed by atoms with Gasteiger partial charge in [0, 0.05) is 24.8 Å². The molecule has 5 nitrogen and oxygen atoms in total. The Labute approximate surface area is 96.6 Å². The number of hydrogen-bond acceptors (Lipinski definition) is 4. The zero-order chi connectivity index (χ0) is 11.2. The largest absolute Gasteiger partial charge is 0.314 e. The fourth-order valence-electron chi connectivity index (χ4n) is 2.25. The van der Waals surface area contributed by atoms with Crippen molar-refractivity contribution in [1.29, 1.82) is 0 Å². The Morgan fingerprint density at radius 2 is 2.56 bits per heavy atom. The summed E-state index contributed by atoms with van der Waals surface area (Å²) < 4.78 is 1.85. The maximum Gasteiger partial charge on any atom is 0.0692 e. The highest BCUT2D eigenvalue weighted by molar-refractivity contribution is 4.78. The highest BCUT2D eigenvalue weighted by Gasteiger charge is 2.16. The Kier molecular flexibility index (Phi) is 4.30. The number of nitrogens with one attached hydrogen (secondary N) is 2. The van der Waals surface area contributed by atoms with Crippen LogP contribution in [0.15, 0.2) is 12.4 Å². The molecule has 1 aliphatic heterocycles. The lowest BCUT2D eigenvalue weighted by Crippen LogP contribution is -2.35. The van der Waals surface area contributed by atoms with Crippen LogP contribution in [0.3, 0.4) is 0 Å². The maximum atomic E-state index is 3.93. The van der Waals surface area contributed by atoms with E-state index in [1.165, 1.54) is 25.8 Å². The van der Waals surface area contributed by atoms with Gasteiger partial charge in [-0.3, -0.25) is 4.68 Å². The zero-order valence-electron chi connectivity index (χ0n) is 9.89. The first-order chi connectivity index (χ1) is 7.84. The molecule has 1 aromatic heterocycles. The van der Waals surface area contributed by atoms with Gasteiger partial charge in [-0.15, -0.1) is 5.10 Å². The van der Waals surface area contributed by atoms with Crippen LogP contribution in [0.1, 0.15) is 26.2 Å². The quantitative estimate of drug-likeness (QED) is 0.733. The minimum atomic E-state index is 0.569. The third-order valence-corrected chi connectivity index (χ3v) is 3.11. The van der Waals surface area contributed by atoms with Crippen molar-refractivity contribution in [3.05, 3.63) is 12.4 Å². The Bertz CT molecular complexity index is 279. The summed E-state index contributed by atoms with van der Waals surface area (Å²) in [5, 5.41) is 14.8. The van der Waals surface area contributed by atoms with Gasteiger partial charge in [0.1, 0.15) is 0 Å². The summed E-state index contributed by atoms with van der Waals surface area (Å²) in [4.78, 5) is 0. The molecule has 0 aliphatic carbocycles. The summed E-state index contributed by atoms with van der Waals surface area (Å²) in [5.41, 5.74) is 0. The molecule has 2 N–H and O–H groups in total. The van der Waals surface area contributed by atoms with Crippen molar-refractivity contribution in [2.45, 2.75) is 44.8 Å². The number of rotatable bonds is 6. The Morgan fingerprint density at radius 1 is 1.62 bits per heavy atom. The van der Waals surface area contributed by atoms with Crippen LogP contribution in [0.2, 0.25) is 0 Å². The molecule has 0 amide bonds. The Balaban J connectivity index is 1.58. The van der Waals surface area contributed by atoms with Gasteiger partial charge in [0.05, 0.1) is 12.7 Å². The second kappa shape index (κ2) is 5.96. The van der Waals surface area contributed by atoms with E-state index in [0.717, 1.165) is 13.1 Å². The molecule has 1 saturated heterocycles. The number of aromatic nitrogens is 3. The molecule has 0 spiro atoms. The predicted molar refractivity (Wildman–Crippen MR) is 63.1 cm³/mol. The van der Waals surface area contributed by atoms with Gasteiger partial charge in [-0.25, -0.2) is 0 Å². The minimum Gasteiger partial charge on any atom is -0.314 e. The van der Waals surface area contributed by atoms with Crippen LogP contribution in [-0.4, -0.2) is 40.2 Å². The molecule has 2 unspecified atom stereocenters. The third kappa shape index (κ3) is 3.57. The van der Waals surface area contributed by atoms with Gasteiger partial charge >= 0.3 is 0 Å². The van der Waals surface area contributed by atoms with Crippen molar-refractivity contribution >= 4 is 0 Å². The average molecular weight is 223 g/mol. The van der Waals surface area contributed by atoms with Crippen molar-refractivity contribution in [2.75, 3.05) is 13.1 Å². The lowest BCUT2D eigenvalue weighted by Gasteiger charge is -2.18. The number of nitrogens with zero attached hydrogens (tertiary/aromatic N) is 3. The van der Waals surface area contributed by atoms with Gasteiger partial charge in [0.15, 0.2) is 0 Å². The van der Waals surface area contributed by atoms with Crippen LogP contribution in [-0.2, 0) is 6.54 Å². The predicted octanol–water partition coefficient (Wildman–Crippen LogP) is 0.398. The van der Waals surface area contributed by atoms with Gasteiger partial charge in [0.25, 0.3) is 0 Å². The van der Waals surface area contributed by atoms with E-state index in [-0.39, 0.29) is 0 Å². The summed E-state index contributed by atoms with van der Waals surface area (Å²) in [6, 6.07) is 1.29. The molecule has 2 heterocycles. The molecule has 0 radical (unpaired) electrons. The average Bonchev–Trinajstić information content (AvgIpc) is 2.90. The molecule has 1 fully saturated rings. The molecular weight excluding hydrogens is 202 g/mol. The molecule has 1 aliphatic rings. The molecular formula is C11H21N5. The lowest BCUT2D eigenvalue weighted by atomic mass is 10.1. The first-order valence-corrected chi connectivity index (χ1v) is 6.15. The van der Waals surface area contributed by atoms with Crippen LogP contribution in [0.25, 0.3) is 0 Å². The summed E-state index contributed by atoms with van der Waals surface area (Å²) in [6.07, 6.45) is 7.49. The fourth-order valence-corrected chi connectivity index (χ4v) is 2.25. The van der Waals surface area contributed by atoms with Crippen molar-refractivity contribution in [3.63, 3.8) is 0 Å². The molecule has 0 saturated carbocycles. The second-order valence-corrected chi connectivity index (χ2v) is 4.55. The zero-order valence-corrected chi connectivity index (χ0v) is 9.89. The van der Waals surface area contributed by atoms with Crippen LogP contribution in [0, 0.1) is 0 Å². The van der Waals surface area contributed by atoms with Crippen LogP contribution < -0.4 is 10.6 Å². The molecule has 2 rings (SSSR count). The first-order valence-electron chi connectivity index (χ1n) is 6.15. The van der Waals surface area contributed by atoms with Gasteiger partial charge in [-0.1, -0.05) is 5.21 Å². The molecule has 0 aromatic carbocycles. The second-order valence-electron chi connectivity index (χ2n) is 4.55. The monoisotopic (exact) mass is 223 g/mol. The smallest absolute Gasteiger partial charge is 0.0692 e. The standard InChI is InChI=1S/C11H21N5/c1-10(9-11-3-2-4-13-11)12-5-7-16-8-6-14-15-16/h6,8,10-13H,2-5,7,9H2,1H3. The van der Waals surface area contributed by atoms with Crippen LogP contribution in [0.4, 0.5) is 0 Å². The van der Waals surface area contributed by atoms with E-state index in [9.17, 15) is 0 Å². The van der Waals surface area contributed by atoms with Crippen molar-refractivity contribution in [1.82, 2.24) is 25.6 Å². The lowest BCUT2D eigenvalue weighted by molar-refractivity contribution is 0.423. The van der Waals surface area contributed by atoms with Crippen LogP contribution >= 0.6 is 0 Å². The maximum absolute atomic E-state index is 3.93. The van der Waals surface area contributed by atoms with Crippen molar-refractivity contribution in [2.24, 2.45) is 0 Å². The Morgan fingerprint density at radius 3 is 3.25 bits per heavy atom. The van der Waals surface area contributed by atoms with Gasteiger partial charge in [-0.2, -0.15) is 0 Å². The number of hydrogen-bond donors (Lipinski definition) is 2. The summed E-state index contributed by atoms with van der Waals surface area (Å²) >= 11 is 0. The van der Waals surface area contributed by atoms with E-state index >= 15 is 0 Å². The molecule has 90 valence electrons. The Hall–Kier alpha value is -0.940. The molecule has 1 aromatic rings. The minimum absolute atomic E-state index is 0.569. The molecule has 0 bridgehead atoms. The highest BCUT2D eigenvalue weighted by atomic mass is 15.4. The van der Waals surface area contributed by atoms with E-state index < -0.39 is 0 Å². The molecule has 5 heteroatoms. The van der Waals surface area contributed by atoms with Gasteiger partial charge < -0.3 is 10.6 Å².